The van der Waals surface area contributed by atoms with Crippen LogP contribution in [0.25, 0.3) is 10.8 Å². The van der Waals surface area contributed by atoms with Crippen molar-refractivity contribution in [1.82, 2.24) is 15.2 Å². The Labute approximate surface area is 201 Å². The van der Waals surface area contributed by atoms with Gasteiger partial charge in [-0.1, -0.05) is 93.5 Å². The van der Waals surface area contributed by atoms with Gasteiger partial charge in [0.2, 0.25) is 0 Å². The molecule has 0 saturated heterocycles. The summed E-state index contributed by atoms with van der Waals surface area (Å²) >= 11 is 0. The van der Waals surface area contributed by atoms with E-state index in [1.165, 1.54) is 49.6 Å². The van der Waals surface area contributed by atoms with Crippen molar-refractivity contribution in [3.05, 3.63) is 76.2 Å². The molecule has 1 amide bonds. The van der Waals surface area contributed by atoms with E-state index in [0.717, 1.165) is 37.0 Å². The summed E-state index contributed by atoms with van der Waals surface area (Å²) < 4.78 is 1.37. The Morgan fingerprint density at radius 2 is 1.35 bits per heavy atom. The molecule has 6 heteroatoms. The maximum Gasteiger partial charge on any atom is 0.292 e. The van der Waals surface area contributed by atoms with Crippen molar-refractivity contribution in [2.45, 2.75) is 77.2 Å². The van der Waals surface area contributed by atoms with Crippen LogP contribution in [0, 0.1) is 0 Å². The lowest BCUT2D eigenvalue weighted by Crippen LogP contribution is -2.29. The zero-order valence-corrected chi connectivity index (χ0v) is 19.8. The molecule has 1 aliphatic rings. The maximum atomic E-state index is 13.2. The summed E-state index contributed by atoms with van der Waals surface area (Å²) in [7, 11) is 0. The summed E-state index contributed by atoms with van der Waals surface area (Å²) in [5, 5.41) is 10.0. The first-order valence-electron chi connectivity index (χ1n) is 12.6. The number of hydrogen-bond donors (Lipinski definition) is 1. The van der Waals surface area contributed by atoms with Crippen LogP contribution in [0.15, 0.2) is 64.5 Å². The average Bonchev–Trinajstić information content (AvgIpc) is 2.86. The first kappa shape index (κ1) is 23.9. The van der Waals surface area contributed by atoms with Crippen molar-refractivity contribution in [2.75, 3.05) is 0 Å². The van der Waals surface area contributed by atoms with Gasteiger partial charge in [0.15, 0.2) is 5.69 Å². The minimum atomic E-state index is -0.378. The smallest absolute Gasteiger partial charge is 0.267 e. The Balaban J connectivity index is 1.57. The van der Waals surface area contributed by atoms with Gasteiger partial charge in [-0.05, 0) is 37.3 Å². The number of hydrazone groups is 1. The van der Waals surface area contributed by atoms with Crippen molar-refractivity contribution in [1.29, 1.82) is 0 Å². The number of aromatic nitrogens is 2. The van der Waals surface area contributed by atoms with Gasteiger partial charge >= 0.3 is 0 Å². The number of amides is 1. The highest BCUT2D eigenvalue weighted by molar-refractivity contribution is 6.05. The van der Waals surface area contributed by atoms with E-state index < -0.39 is 0 Å². The van der Waals surface area contributed by atoms with E-state index in [2.05, 4.69) is 15.6 Å². The van der Waals surface area contributed by atoms with Crippen LogP contribution in [-0.4, -0.2) is 21.4 Å². The van der Waals surface area contributed by atoms with E-state index in [1.54, 1.807) is 12.1 Å². The molecule has 1 saturated carbocycles. The van der Waals surface area contributed by atoms with Crippen LogP contribution >= 0.6 is 0 Å². The van der Waals surface area contributed by atoms with Gasteiger partial charge in [0.1, 0.15) is 0 Å². The van der Waals surface area contributed by atoms with Crippen molar-refractivity contribution in [3.63, 3.8) is 0 Å². The highest BCUT2D eigenvalue weighted by atomic mass is 16.2. The predicted octanol–water partition coefficient (Wildman–Crippen LogP) is 5.84. The molecule has 0 unspecified atom stereocenters. The van der Waals surface area contributed by atoms with E-state index >= 15 is 0 Å². The number of benzene rings is 2. The molecule has 1 heterocycles. The molecule has 34 heavy (non-hydrogen) atoms. The van der Waals surface area contributed by atoms with Crippen LogP contribution in [-0.2, 0) is 6.54 Å². The summed E-state index contributed by atoms with van der Waals surface area (Å²) in [5.41, 5.74) is 4.78. The summed E-state index contributed by atoms with van der Waals surface area (Å²) in [6, 6.07) is 16.8. The van der Waals surface area contributed by atoms with E-state index in [-0.39, 0.29) is 17.2 Å². The molecular weight excluding hydrogens is 424 g/mol. The van der Waals surface area contributed by atoms with Gasteiger partial charge in [0.05, 0.1) is 11.9 Å². The van der Waals surface area contributed by atoms with Crippen LogP contribution in [0.3, 0.4) is 0 Å². The molecule has 6 nitrogen and oxygen atoms in total. The minimum absolute atomic E-state index is 0.207. The largest absolute Gasteiger partial charge is 0.292 e. The van der Waals surface area contributed by atoms with E-state index in [1.807, 2.05) is 42.5 Å². The maximum absolute atomic E-state index is 13.2. The third-order valence-corrected chi connectivity index (χ3v) is 6.50. The molecule has 3 aromatic rings. The van der Waals surface area contributed by atoms with Gasteiger partial charge in [-0.2, -0.15) is 10.2 Å². The van der Waals surface area contributed by atoms with Gasteiger partial charge < -0.3 is 0 Å². The molecule has 0 bridgehead atoms. The van der Waals surface area contributed by atoms with E-state index in [4.69, 9.17) is 0 Å². The highest BCUT2D eigenvalue weighted by Crippen LogP contribution is 2.16. The van der Waals surface area contributed by atoms with Crippen molar-refractivity contribution in [3.8, 4) is 0 Å². The second-order valence-electron chi connectivity index (χ2n) is 9.14. The van der Waals surface area contributed by atoms with Gasteiger partial charge in [0, 0.05) is 11.1 Å². The number of nitrogens with one attached hydrogen (secondary N) is 1. The first-order valence-corrected chi connectivity index (χ1v) is 12.6. The van der Waals surface area contributed by atoms with E-state index in [0.29, 0.717) is 17.3 Å². The van der Waals surface area contributed by atoms with Crippen molar-refractivity contribution >= 4 is 22.4 Å². The molecule has 0 atom stereocenters. The third kappa shape index (κ3) is 6.40. The lowest BCUT2D eigenvalue weighted by Gasteiger charge is -2.12. The quantitative estimate of drug-likeness (QED) is 0.499. The molecule has 178 valence electrons. The Morgan fingerprint density at radius 1 is 0.794 bits per heavy atom. The second-order valence-corrected chi connectivity index (χ2v) is 9.14. The van der Waals surface area contributed by atoms with Crippen LogP contribution in [0.1, 0.15) is 86.7 Å². The molecule has 1 fully saturated rings. The standard InChI is InChI=1S/C28H34N4O2/c33-27(30-29-23-17-11-6-4-2-1-3-5-7-12-18-23)26-24-19-13-14-20-25(24)28(34)32(31-26)21-22-15-9-8-10-16-22/h8-10,13-16,19-20H,1-7,11-12,17-18,21H2,(H,30,33). The second kappa shape index (κ2) is 12.3. The van der Waals surface area contributed by atoms with Crippen LogP contribution in [0.4, 0.5) is 0 Å². The monoisotopic (exact) mass is 458 g/mol. The molecule has 1 aliphatic carbocycles. The summed E-state index contributed by atoms with van der Waals surface area (Å²) in [5.74, 6) is -0.378. The molecule has 1 aromatic heterocycles. The van der Waals surface area contributed by atoms with Crippen LogP contribution in [0.2, 0.25) is 0 Å². The predicted molar refractivity (Wildman–Crippen MR) is 137 cm³/mol. The number of carbonyl (C=O) groups excluding carboxylic acids is 1. The SMILES string of the molecule is O=C(NN=C1CCCCCCCCCCC1)c1nn(Cc2ccccc2)c(=O)c2ccccc12. The summed E-state index contributed by atoms with van der Waals surface area (Å²) in [6.07, 6.45) is 13.0. The van der Waals surface area contributed by atoms with Gasteiger partial charge in [0.25, 0.3) is 11.5 Å². The first-order chi connectivity index (χ1) is 16.7. The molecule has 0 aliphatic heterocycles. The molecular formula is C28H34N4O2. The van der Waals surface area contributed by atoms with Crippen LogP contribution in [0.5, 0.6) is 0 Å². The fraction of sp³-hybridized carbons (Fsp3) is 0.429. The zero-order chi connectivity index (χ0) is 23.6. The highest BCUT2D eigenvalue weighted by Gasteiger charge is 2.17. The molecule has 1 N–H and O–H groups in total. The topological polar surface area (TPSA) is 76.3 Å². The number of rotatable bonds is 4. The number of nitrogens with zero attached hydrogens (tertiary/aromatic N) is 3. The Bertz CT molecular complexity index is 1170. The molecule has 2 aromatic carbocycles. The molecule has 0 radical (unpaired) electrons. The lowest BCUT2D eigenvalue weighted by atomic mass is 10.00. The van der Waals surface area contributed by atoms with Gasteiger partial charge in [-0.15, -0.1) is 0 Å². The fourth-order valence-electron chi connectivity index (χ4n) is 4.58. The number of carbonyl (C=O) groups is 1. The third-order valence-electron chi connectivity index (χ3n) is 6.50. The van der Waals surface area contributed by atoms with Gasteiger partial charge in [-0.3, -0.25) is 9.59 Å². The number of fused-ring (bicyclic) bond motifs is 1. The van der Waals surface area contributed by atoms with E-state index in [9.17, 15) is 9.59 Å². The normalized spacial score (nSPS) is 15.8. The average molecular weight is 459 g/mol. The lowest BCUT2D eigenvalue weighted by molar-refractivity contribution is 0.0949. The van der Waals surface area contributed by atoms with Crippen molar-refractivity contribution < 1.29 is 4.79 Å². The van der Waals surface area contributed by atoms with Crippen molar-refractivity contribution in [2.24, 2.45) is 5.10 Å². The Kier molecular flexibility index (Phi) is 8.60. The molecule has 0 spiro atoms. The summed E-state index contributed by atoms with van der Waals surface area (Å²) in [4.78, 5) is 26.2. The van der Waals surface area contributed by atoms with Gasteiger partial charge in [-0.25, -0.2) is 10.1 Å². The zero-order valence-electron chi connectivity index (χ0n) is 19.8. The molecule has 4 rings (SSSR count). The fourth-order valence-corrected chi connectivity index (χ4v) is 4.58. The Morgan fingerprint density at radius 3 is 2.00 bits per heavy atom. The number of hydrogen-bond acceptors (Lipinski definition) is 4. The minimum Gasteiger partial charge on any atom is -0.267 e. The van der Waals surface area contributed by atoms with Crippen LogP contribution < -0.4 is 11.0 Å². The summed E-state index contributed by atoms with van der Waals surface area (Å²) in [6.45, 7) is 0.305. The Hall–Kier alpha value is -3.28.